The van der Waals surface area contributed by atoms with E-state index in [4.69, 9.17) is 4.74 Å². The minimum Gasteiger partial charge on any atom is -0.444 e. The Morgan fingerprint density at radius 2 is 1.91 bits per heavy atom. The van der Waals surface area contributed by atoms with Gasteiger partial charge < -0.3 is 15.0 Å². The summed E-state index contributed by atoms with van der Waals surface area (Å²) >= 11 is 0. The van der Waals surface area contributed by atoms with Crippen LogP contribution in [-0.2, 0) is 16.1 Å². The van der Waals surface area contributed by atoms with Crippen molar-refractivity contribution in [3.63, 3.8) is 0 Å². The van der Waals surface area contributed by atoms with Crippen LogP contribution in [0.15, 0.2) is 18.2 Å². The summed E-state index contributed by atoms with van der Waals surface area (Å²) in [6, 6.07) is 3.21. The van der Waals surface area contributed by atoms with Crippen LogP contribution in [0.4, 0.5) is 13.6 Å². The Morgan fingerprint density at radius 1 is 1.26 bits per heavy atom. The van der Waals surface area contributed by atoms with E-state index in [2.05, 4.69) is 5.32 Å². The maximum absolute atomic E-state index is 13.5. The average molecular weight is 328 g/mol. The number of alkyl carbamates (subject to hydrolysis) is 1. The molecule has 0 heterocycles. The summed E-state index contributed by atoms with van der Waals surface area (Å²) < 4.78 is 31.4. The first kappa shape index (κ1) is 18.9. The molecule has 5 nitrogen and oxygen atoms in total. The van der Waals surface area contributed by atoms with Gasteiger partial charge in [-0.15, -0.1) is 0 Å². The van der Waals surface area contributed by atoms with Gasteiger partial charge in [0.2, 0.25) is 5.91 Å². The number of carbonyl (C=O) groups is 2. The number of nitrogens with zero attached hydrogens (tertiary/aromatic N) is 1. The van der Waals surface area contributed by atoms with Crippen LogP contribution < -0.4 is 5.32 Å². The predicted molar refractivity (Wildman–Crippen MR) is 81.7 cm³/mol. The van der Waals surface area contributed by atoms with Gasteiger partial charge in [-0.3, -0.25) is 4.79 Å². The molecule has 1 aromatic carbocycles. The van der Waals surface area contributed by atoms with Crippen molar-refractivity contribution in [1.29, 1.82) is 0 Å². The molecule has 0 unspecified atom stereocenters. The van der Waals surface area contributed by atoms with Crippen LogP contribution in [-0.4, -0.2) is 36.1 Å². The van der Waals surface area contributed by atoms with Crippen molar-refractivity contribution in [1.82, 2.24) is 10.2 Å². The summed E-state index contributed by atoms with van der Waals surface area (Å²) in [6.45, 7) is 5.36. The molecular weight excluding hydrogens is 306 g/mol. The van der Waals surface area contributed by atoms with Crippen molar-refractivity contribution < 1.29 is 23.1 Å². The van der Waals surface area contributed by atoms with Gasteiger partial charge in [-0.05, 0) is 26.8 Å². The zero-order valence-corrected chi connectivity index (χ0v) is 13.8. The molecule has 0 aliphatic heterocycles. The lowest BCUT2D eigenvalue weighted by molar-refractivity contribution is -0.130. The lowest BCUT2D eigenvalue weighted by Gasteiger charge is -2.20. The minimum atomic E-state index is -0.698. The van der Waals surface area contributed by atoms with Crippen LogP contribution in [0.25, 0.3) is 0 Å². The number of hydrogen-bond donors (Lipinski definition) is 1. The van der Waals surface area contributed by atoms with E-state index in [1.165, 1.54) is 18.0 Å². The fourth-order valence-corrected chi connectivity index (χ4v) is 1.77. The Balaban J connectivity index is 2.41. The van der Waals surface area contributed by atoms with E-state index in [0.29, 0.717) is 0 Å². The number of carbonyl (C=O) groups excluding carboxylic acids is 2. The van der Waals surface area contributed by atoms with E-state index in [9.17, 15) is 18.4 Å². The molecule has 1 aromatic rings. The molecule has 0 saturated heterocycles. The van der Waals surface area contributed by atoms with Gasteiger partial charge in [0.1, 0.15) is 17.2 Å². The molecule has 2 amide bonds. The number of amides is 2. The molecule has 0 aliphatic carbocycles. The highest BCUT2D eigenvalue weighted by Crippen LogP contribution is 2.12. The first-order valence-electron chi connectivity index (χ1n) is 7.23. The number of nitrogens with one attached hydrogen (secondary N) is 1. The standard InChI is InChI=1S/C16H22F2N2O3/c1-16(2,3)23-15(22)19-8-7-14(21)20(4)10-11-5-6-12(17)9-13(11)18/h5-6,9H,7-8,10H2,1-4H3,(H,19,22). The van der Waals surface area contributed by atoms with E-state index < -0.39 is 23.3 Å². The largest absolute Gasteiger partial charge is 0.444 e. The normalized spacial score (nSPS) is 11.0. The van der Waals surface area contributed by atoms with Gasteiger partial charge in [0.15, 0.2) is 0 Å². The van der Waals surface area contributed by atoms with Crippen LogP contribution in [0.2, 0.25) is 0 Å². The topological polar surface area (TPSA) is 58.6 Å². The quantitative estimate of drug-likeness (QED) is 0.904. The van der Waals surface area contributed by atoms with Gasteiger partial charge in [0, 0.05) is 38.2 Å². The lowest BCUT2D eigenvalue weighted by atomic mass is 10.2. The smallest absolute Gasteiger partial charge is 0.407 e. The zero-order chi connectivity index (χ0) is 17.6. The SMILES string of the molecule is CN(Cc1ccc(F)cc1F)C(=O)CCNC(=O)OC(C)(C)C. The third-order valence-electron chi connectivity index (χ3n) is 2.86. The molecule has 0 spiro atoms. The van der Waals surface area contributed by atoms with E-state index >= 15 is 0 Å². The van der Waals surface area contributed by atoms with Crippen LogP contribution in [0.5, 0.6) is 0 Å². The number of rotatable bonds is 5. The maximum atomic E-state index is 13.5. The van der Waals surface area contributed by atoms with Crippen molar-refractivity contribution >= 4 is 12.0 Å². The Labute approximate surface area is 134 Å². The molecule has 7 heteroatoms. The molecular formula is C16H22F2N2O3. The molecule has 128 valence electrons. The van der Waals surface area contributed by atoms with Crippen molar-refractivity contribution in [3.8, 4) is 0 Å². The van der Waals surface area contributed by atoms with Crippen LogP contribution in [0.1, 0.15) is 32.8 Å². The van der Waals surface area contributed by atoms with Gasteiger partial charge in [-0.25, -0.2) is 13.6 Å². The number of halogens is 2. The molecule has 0 bridgehead atoms. The molecule has 1 N–H and O–H groups in total. The molecule has 0 radical (unpaired) electrons. The van der Waals surface area contributed by atoms with Gasteiger partial charge in [0.05, 0.1) is 0 Å². The summed E-state index contributed by atoms with van der Waals surface area (Å²) in [6.07, 6.45) is -0.545. The maximum Gasteiger partial charge on any atom is 0.407 e. The summed E-state index contributed by atoms with van der Waals surface area (Å²) in [5.41, 5.74) is -0.382. The van der Waals surface area contributed by atoms with Crippen LogP contribution in [0, 0.1) is 11.6 Å². The van der Waals surface area contributed by atoms with Crippen LogP contribution in [0.3, 0.4) is 0 Å². The van der Waals surface area contributed by atoms with E-state index in [0.717, 1.165) is 12.1 Å². The molecule has 1 rings (SSSR count). The van der Waals surface area contributed by atoms with Gasteiger partial charge >= 0.3 is 6.09 Å². The first-order chi connectivity index (χ1) is 10.6. The highest BCUT2D eigenvalue weighted by molar-refractivity contribution is 5.77. The Bertz CT molecular complexity index is 571. The molecule has 0 saturated carbocycles. The number of benzene rings is 1. The summed E-state index contributed by atoms with van der Waals surface area (Å²) in [7, 11) is 1.51. The fourth-order valence-electron chi connectivity index (χ4n) is 1.77. The van der Waals surface area contributed by atoms with Crippen molar-refractivity contribution in [3.05, 3.63) is 35.4 Å². The predicted octanol–water partition coefficient (Wildman–Crippen LogP) is 2.84. The van der Waals surface area contributed by atoms with E-state index in [1.807, 2.05) is 0 Å². The lowest BCUT2D eigenvalue weighted by Crippen LogP contribution is -2.35. The van der Waals surface area contributed by atoms with E-state index in [1.54, 1.807) is 20.8 Å². The second-order valence-corrected chi connectivity index (χ2v) is 6.16. The Kier molecular flexibility index (Phi) is 6.48. The molecule has 0 aliphatic rings. The highest BCUT2D eigenvalue weighted by atomic mass is 19.1. The first-order valence-corrected chi connectivity index (χ1v) is 7.23. The summed E-state index contributed by atoms with van der Waals surface area (Å²) in [5.74, 6) is -1.64. The Hall–Kier alpha value is -2.18. The number of ether oxygens (including phenoxy) is 1. The third-order valence-corrected chi connectivity index (χ3v) is 2.86. The summed E-state index contributed by atoms with van der Waals surface area (Å²) in [4.78, 5) is 24.7. The average Bonchev–Trinajstić information content (AvgIpc) is 2.39. The monoisotopic (exact) mass is 328 g/mol. The number of hydrogen-bond acceptors (Lipinski definition) is 3. The molecule has 0 aromatic heterocycles. The Morgan fingerprint density at radius 3 is 2.48 bits per heavy atom. The van der Waals surface area contributed by atoms with Crippen molar-refractivity contribution in [2.24, 2.45) is 0 Å². The fraction of sp³-hybridized carbons (Fsp3) is 0.500. The minimum absolute atomic E-state index is 0.0252. The summed E-state index contributed by atoms with van der Waals surface area (Å²) in [5, 5.41) is 2.48. The van der Waals surface area contributed by atoms with Gasteiger partial charge in [-0.2, -0.15) is 0 Å². The third kappa shape index (κ3) is 7.08. The highest BCUT2D eigenvalue weighted by Gasteiger charge is 2.17. The molecule has 0 fully saturated rings. The second-order valence-electron chi connectivity index (χ2n) is 6.16. The van der Waals surface area contributed by atoms with Crippen molar-refractivity contribution in [2.45, 2.75) is 39.3 Å². The van der Waals surface area contributed by atoms with Crippen LogP contribution >= 0.6 is 0 Å². The zero-order valence-electron chi connectivity index (χ0n) is 13.8. The second kappa shape index (κ2) is 7.89. The molecule has 0 atom stereocenters. The van der Waals surface area contributed by atoms with Crippen molar-refractivity contribution in [2.75, 3.05) is 13.6 Å². The molecule has 23 heavy (non-hydrogen) atoms. The van der Waals surface area contributed by atoms with E-state index in [-0.39, 0.29) is 31.0 Å². The van der Waals surface area contributed by atoms with Gasteiger partial charge in [0.25, 0.3) is 0 Å². The van der Waals surface area contributed by atoms with Gasteiger partial charge in [-0.1, -0.05) is 6.07 Å².